The molecular weight excluding hydrogens is 386 g/mol. The van der Waals surface area contributed by atoms with E-state index >= 15 is 0 Å². The van der Waals surface area contributed by atoms with Crippen LogP contribution in [-0.2, 0) is 11.3 Å². The summed E-state index contributed by atoms with van der Waals surface area (Å²) in [6.07, 6.45) is 0. The molecule has 1 aromatic heterocycles. The summed E-state index contributed by atoms with van der Waals surface area (Å²) in [5.74, 6) is -0.537. The highest BCUT2D eigenvalue weighted by Gasteiger charge is 2.19. The van der Waals surface area contributed by atoms with Crippen molar-refractivity contribution in [1.82, 2.24) is 4.57 Å². The molecule has 0 aliphatic rings. The highest BCUT2D eigenvalue weighted by molar-refractivity contribution is 7.80. The van der Waals surface area contributed by atoms with Gasteiger partial charge in [-0.25, -0.2) is 0 Å². The van der Waals surface area contributed by atoms with Crippen LogP contribution in [0, 0.1) is 6.92 Å². The van der Waals surface area contributed by atoms with Crippen molar-refractivity contribution in [1.29, 1.82) is 0 Å². The zero-order valence-electron chi connectivity index (χ0n) is 14.3. The maximum Gasteiger partial charge on any atom is 0.244 e. The summed E-state index contributed by atoms with van der Waals surface area (Å²) in [4.78, 5) is 12.4. The maximum atomic E-state index is 12.4. The maximum absolute atomic E-state index is 12.4. The topological polar surface area (TPSA) is 105 Å². The van der Waals surface area contributed by atoms with Gasteiger partial charge in [-0.05, 0) is 49.5 Å². The number of azo groups is 1. The summed E-state index contributed by atoms with van der Waals surface area (Å²) in [5.41, 5.74) is 7.81. The van der Waals surface area contributed by atoms with E-state index in [1.165, 1.54) is 4.57 Å². The highest BCUT2D eigenvalue weighted by Crippen LogP contribution is 2.40. The first-order chi connectivity index (χ1) is 12.8. The van der Waals surface area contributed by atoms with Gasteiger partial charge < -0.3 is 20.7 Å². The van der Waals surface area contributed by atoms with Gasteiger partial charge in [0.25, 0.3) is 0 Å². The summed E-state index contributed by atoms with van der Waals surface area (Å²) < 4.78 is 1.42. The molecule has 0 spiro atoms. The molecule has 0 aliphatic heterocycles. The Hall–Kier alpha value is -2.97. The molecule has 3 aromatic rings. The number of thiocarbonyl (C=S) groups is 1. The molecule has 2 aromatic carbocycles. The molecule has 0 saturated carbocycles. The van der Waals surface area contributed by atoms with E-state index < -0.39 is 0 Å². The molecule has 27 heavy (non-hydrogen) atoms. The van der Waals surface area contributed by atoms with Crippen LogP contribution < -0.4 is 11.1 Å². The van der Waals surface area contributed by atoms with Crippen molar-refractivity contribution in [3.8, 4) is 5.88 Å². The molecule has 138 valence electrons. The number of benzene rings is 2. The molecule has 0 saturated heterocycles. The van der Waals surface area contributed by atoms with Crippen LogP contribution in [0.15, 0.2) is 52.7 Å². The minimum atomic E-state index is -0.307. The number of rotatable bonds is 4. The number of carbonyl (C=O) groups is 1. The first-order valence-electron chi connectivity index (χ1n) is 7.93. The fraction of sp³-hybridized carbons (Fsp3) is 0.111. The molecule has 0 fully saturated rings. The Bertz CT molecular complexity index is 1060. The van der Waals surface area contributed by atoms with E-state index in [4.69, 9.17) is 17.3 Å². The van der Waals surface area contributed by atoms with Crippen molar-refractivity contribution in [2.75, 3.05) is 5.32 Å². The van der Waals surface area contributed by atoms with E-state index in [1.54, 1.807) is 18.2 Å². The third-order valence-corrected chi connectivity index (χ3v) is 4.17. The van der Waals surface area contributed by atoms with Crippen LogP contribution in [-0.4, -0.2) is 20.7 Å². The Morgan fingerprint density at radius 2 is 2.00 bits per heavy atom. The van der Waals surface area contributed by atoms with Gasteiger partial charge in [-0.2, -0.15) is 0 Å². The molecule has 0 atom stereocenters. The first-order valence-corrected chi connectivity index (χ1v) is 8.72. The minimum absolute atomic E-state index is 0.125. The van der Waals surface area contributed by atoms with Gasteiger partial charge in [-0.1, -0.05) is 29.3 Å². The second-order valence-electron chi connectivity index (χ2n) is 5.87. The highest BCUT2D eigenvalue weighted by atomic mass is 35.5. The average Bonchev–Trinajstić information content (AvgIpc) is 2.86. The number of anilines is 1. The lowest BCUT2D eigenvalue weighted by Crippen LogP contribution is -2.18. The Morgan fingerprint density at radius 1 is 1.30 bits per heavy atom. The summed E-state index contributed by atoms with van der Waals surface area (Å²) in [5, 5.41) is 21.7. The number of carbonyl (C=O) groups excluding carboxylic acids is 1. The Balaban J connectivity index is 1.96. The van der Waals surface area contributed by atoms with Crippen molar-refractivity contribution in [3.63, 3.8) is 0 Å². The van der Waals surface area contributed by atoms with Gasteiger partial charge in [-0.3, -0.25) is 4.79 Å². The van der Waals surface area contributed by atoms with E-state index in [1.807, 2.05) is 31.2 Å². The summed E-state index contributed by atoms with van der Waals surface area (Å²) in [6.45, 7) is 1.84. The third-order valence-electron chi connectivity index (χ3n) is 3.86. The largest absolute Gasteiger partial charge is 0.493 e. The molecule has 0 radical (unpaired) electrons. The van der Waals surface area contributed by atoms with E-state index in [0.29, 0.717) is 21.6 Å². The molecule has 1 heterocycles. The van der Waals surface area contributed by atoms with Gasteiger partial charge >= 0.3 is 0 Å². The number of aryl methyl sites for hydroxylation is 1. The van der Waals surface area contributed by atoms with E-state index in [2.05, 4.69) is 27.8 Å². The normalized spacial score (nSPS) is 11.2. The van der Waals surface area contributed by atoms with Crippen LogP contribution in [0.3, 0.4) is 0 Å². The van der Waals surface area contributed by atoms with Crippen molar-refractivity contribution in [3.05, 3.63) is 53.1 Å². The number of amides is 1. The van der Waals surface area contributed by atoms with Crippen molar-refractivity contribution < 1.29 is 9.90 Å². The molecule has 9 heteroatoms. The van der Waals surface area contributed by atoms with Crippen LogP contribution in [0.1, 0.15) is 5.56 Å². The van der Waals surface area contributed by atoms with Gasteiger partial charge in [0.15, 0.2) is 5.69 Å². The monoisotopic (exact) mass is 401 g/mol. The van der Waals surface area contributed by atoms with E-state index in [0.717, 1.165) is 5.56 Å². The van der Waals surface area contributed by atoms with Gasteiger partial charge in [-0.15, -0.1) is 10.2 Å². The number of hydrogen-bond acceptors (Lipinski definition) is 4. The summed E-state index contributed by atoms with van der Waals surface area (Å²) in [7, 11) is 0. The fourth-order valence-electron chi connectivity index (χ4n) is 2.63. The zero-order valence-corrected chi connectivity index (χ0v) is 15.9. The molecule has 4 N–H and O–H groups in total. The van der Waals surface area contributed by atoms with Crippen molar-refractivity contribution >= 4 is 57.1 Å². The van der Waals surface area contributed by atoms with Crippen LogP contribution in [0.5, 0.6) is 5.88 Å². The van der Waals surface area contributed by atoms with Gasteiger partial charge in [0, 0.05) is 16.1 Å². The van der Waals surface area contributed by atoms with Gasteiger partial charge in [0.1, 0.15) is 6.54 Å². The predicted molar refractivity (Wildman–Crippen MR) is 110 cm³/mol. The smallest absolute Gasteiger partial charge is 0.244 e. The molecule has 0 bridgehead atoms. The second-order valence-corrected chi connectivity index (χ2v) is 6.73. The molecule has 3 rings (SSSR count). The minimum Gasteiger partial charge on any atom is -0.493 e. The number of aromatic hydroxyl groups is 1. The number of aromatic nitrogens is 1. The van der Waals surface area contributed by atoms with Gasteiger partial charge in [0.05, 0.1) is 5.52 Å². The predicted octanol–water partition coefficient (Wildman–Crippen LogP) is 4.27. The molecule has 1 amide bonds. The quantitative estimate of drug-likeness (QED) is 0.448. The number of hydrogen-bond donors (Lipinski definition) is 3. The number of halogens is 1. The van der Waals surface area contributed by atoms with E-state index in [-0.39, 0.29) is 29.1 Å². The number of nitrogens with two attached hydrogens (primary N) is 1. The Kier molecular flexibility index (Phi) is 5.38. The first kappa shape index (κ1) is 18.8. The zero-order chi connectivity index (χ0) is 19.6. The molecule has 0 unspecified atom stereocenters. The lowest BCUT2D eigenvalue weighted by Gasteiger charge is -2.09. The summed E-state index contributed by atoms with van der Waals surface area (Å²) in [6, 6.07) is 12.4. The summed E-state index contributed by atoms with van der Waals surface area (Å²) >= 11 is 10.7. The van der Waals surface area contributed by atoms with Crippen LogP contribution in [0.4, 0.5) is 11.4 Å². The van der Waals surface area contributed by atoms with Crippen molar-refractivity contribution in [2.45, 2.75) is 13.5 Å². The number of nitrogens with one attached hydrogen (secondary N) is 1. The number of nitrogens with zero attached hydrogens (tertiary/aromatic N) is 3. The lowest BCUT2D eigenvalue weighted by atomic mass is 10.2. The molecular formula is C18H16ClN5O2S. The van der Waals surface area contributed by atoms with Crippen molar-refractivity contribution in [2.24, 2.45) is 16.0 Å². The average molecular weight is 402 g/mol. The second kappa shape index (κ2) is 7.73. The molecule has 0 aliphatic carbocycles. The van der Waals surface area contributed by atoms with Crippen LogP contribution >= 0.6 is 23.8 Å². The number of fused-ring (bicyclic) bond motifs is 1. The van der Waals surface area contributed by atoms with Crippen LogP contribution in [0.2, 0.25) is 5.02 Å². The van der Waals surface area contributed by atoms with Crippen LogP contribution in [0.25, 0.3) is 10.9 Å². The van der Waals surface area contributed by atoms with E-state index in [9.17, 15) is 9.90 Å². The Morgan fingerprint density at radius 3 is 2.67 bits per heavy atom. The standard InChI is InChI=1S/C18H16ClN5O2S/c1-10-2-5-12(6-3-10)21-15(25)9-24-14-7-4-11(19)8-13(14)16(17(24)26)22-23-18(20)27/h2-8,26H,9H2,1H3,(H2,20,27)(H,21,25). The third kappa shape index (κ3) is 4.24. The Labute approximate surface area is 165 Å². The lowest BCUT2D eigenvalue weighted by molar-refractivity contribution is -0.116. The fourth-order valence-corrected chi connectivity index (χ4v) is 2.85. The molecule has 7 nitrogen and oxygen atoms in total. The van der Waals surface area contributed by atoms with Gasteiger partial charge in [0.2, 0.25) is 16.9 Å². The SMILES string of the molecule is Cc1ccc(NC(=O)Cn2c(O)c(N=NC(N)=S)c3cc(Cl)ccc32)cc1.